The topological polar surface area (TPSA) is 74.3 Å². The molecule has 0 bridgehead atoms. The molecule has 38 heavy (non-hydrogen) atoms. The van der Waals surface area contributed by atoms with Gasteiger partial charge in [0.25, 0.3) is 0 Å². The number of carbonyl (C=O) groups excluding carboxylic acids is 2. The van der Waals surface area contributed by atoms with Crippen LogP contribution in [0.15, 0.2) is 42.5 Å². The van der Waals surface area contributed by atoms with Gasteiger partial charge in [0.1, 0.15) is 5.75 Å². The summed E-state index contributed by atoms with van der Waals surface area (Å²) in [7, 11) is 0. The van der Waals surface area contributed by atoms with Crippen LogP contribution in [0, 0.1) is 0 Å². The molecule has 210 valence electrons. The Balaban J connectivity index is 1.94. The molecule has 0 aliphatic rings. The summed E-state index contributed by atoms with van der Waals surface area (Å²) in [6.07, 6.45) is 7.09. The Hall–Kier alpha value is -2.32. The Labute approximate surface area is 236 Å². The molecule has 0 saturated heterocycles. The molecular weight excluding hydrogens is 529 g/mol. The molecule has 0 amide bonds. The van der Waals surface area contributed by atoms with Gasteiger partial charge in [0.05, 0.1) is 23.2 Å². The van der Waals surface area contributed by atoms with Crippen LogP contribution in [-0.4, -0.2) is 36.3 Å². The Kier molecular flexibility index (Phi) is 15.2. The van der Waals surface area contributed by atoms with E-state index in [0.717, 1.165) is 23.3 Å². The quantitative estimate of drug-likeness (QED) is 0.0798. The molecule has 1 unspecified atom stereocenters. The van der Waals surface area contributed by atoms with Crippen LogP contribution in [0.1, 0.15) is 76.8 Å². The van der Waals surface area contributed by atoms with E-state index >= 15 is 0 Å². The van der Waals surface area contributed by atoms with Gasteiger partial charge < -0.3 is 9.47 Å². The van der Waals surface area contributed by atoms with E-state index in [1.165, 1.54) is 44.1 Å². The van der Waals surface area contributed by atoms with Gasteiger partial charge in [0, 0.05) is 13.5 Å². The third kappa shape index (κ3) is 12.5. The van der Waals surface area contributed by atoms with E-state index in [1.807, 2.05) is 30.3 Å². The Morgan fingerprint density at radius 3 is 2.24 bits per heavy atom. The highest BCUT2D eigenvalue weighted by molar-refractivity contribution is 6.42. The molecule has 0 saturated carbocycles. The van der Waals surface area contributed by atoms with E-state index in [4.69, 9.17) is 42.6 Å². The van der Waals surface area contributed by atoms with Crippen LogP contribution in [0.3, 0.4) is 0 Å². The van der Waals surface area contributed by atoms with Gasteiger partial charge in [-0.1, -0.05) is 92.3 Å². The number of esters is 1. The van der Waals surface area contributed by atoms with Crippen molar-refractivity contribution in [3.8, 4) is 5.75 Å². The molecule has 0 radical (unpaired) electrons. The maximum Gasteiger partial charge on any atom is 0.384 e. The molecule has 9 heteroatoms. The van der Waals surface area contributed by atoms with Crippen LogP contribution in [0.5, 0.6) is 5.75 Å². The highest BCUT2D eigenvalue weighted by Gasteiger charge is 2.24. The summed E-state index contributed by atoms with van der Waals surface area (Å²) in [4.78, 5) is 34.1. The first kappa shape index (κ1) is 31.9. The average molecular weight is 569 g/mol. The molecule has 2 aromatic rings. The molecule has 7 nitrogen and oxygen atoms in total. The van der Waals surface area contributed by atoms with E-state index in [-0.39, 0.29) is 6.42 Å². The minimum atomic E-state index is -1.03. The number of benzene rings is 2. The van der Waals surface area contributed by atoms with Crippen molar-refractivity contribution in [2.45, 2.75) is 84.8 Å². The summed E-state index contributed by atoms with van der Waals surface area (Å²) in [5, 5.41) is 2.46. The van der Waals surface area contributed by atoms with Crippen LogP contribution >= 0.6 is 23.2 Å². The fourth-order valence-corrected chi connectivity index (χ4v) is 4.02. The van der Waals surface area contributed by atoms with Crippen LogP contribution < -0.4 is 4.74 Å². The molecule has 2 rings (SSSR count). The number of hydrogen-bond donors (Lipinski definition) is 0. The van der Waals surface area contributed by atoms with Crippen LogP contribution in [0.2, 0.25) is 10.0 Å². The molecule has 0 fully saturated rings. The summed E-state index contributed by atoms with van der Waals surface area (Å²) in [6, 6.07) is 13.1. The molecule has 0 heterocycles. The van der Waals surface area contributed by atoms with Crippen molar-refractivity contribution in [2.75, 3.05) is 13.2 Å². The second kappa shape index (κ2) is 18.1. The number of hydroxylamine groups is 2. The molecule has 1 atom stereocenters. The Bertz CT molecular complexity index is 986. The summed E-state index contributed by atoms with van der Waals surface area (Å²) < 4.78 is 10.9. The van der Waals surface area contributed by atoms with Gasteiger partial charge in [-0.15, -0.1) is 5.06 Å². The lowest BCUT2D eigenvalue weighted by atomic mass is 10.1. The van der Waals surface area contributed by atoms with Crippen molar-refractivity contribution < 1.29 is 28.9 Å². The molecular formula is C29H39Cl2NO6. The molecule has 2 aromatic carbocycles. The van der Waals surface area contributed by atoms with Crippen LogP contribution in [0.25, 0.3) is 0 Å². The van der Waals surface area contributed by atoms with Crippen molar-refractivity contribution >= 4 is 35.1 Å². The van der Waals surface area contributed by atoms with Gasteiger partial charge in [-0.25, -0.2) is 4.79 Å². The lowest BCUT2D eigenvalue weighted by Crippen LogP contribution is -2.32. The zero-order valence-electron chi connectivity index (χ0n) is 22.5. The number of carbonyl (C=O) groups is 2. The van der Waals surface area contributed by atoms with Gasteiger partial charge in [-0.05, 0) is 54.7 Å². The number of nitrogens with zero attached hydrogens (tertiary/aromatic N) is 1. The lowest BCUT2D eigenvalue weighted by Gasteiger charge is -2.21. The number of hydrogen-bond acceptors (Lipinski definition) is 7. The van der Waals surface area contributed by atoms with Crippen molar-refractivity contribution in [1.82, 2.24) is 5.06 Å². The minimum absolute atomic E-state index is 0.269. The monoisotopic (exact) mass is 567 g/mol. The number of halogens is 2. The minimum Gasteiger partial charge on any atom is -0.494 e. The average Bonchev–Trinajstić information content (AvgIpc) is 2.90. The van der Waals surface area contributed by atoms with Crippen LogP contribution in [-0.2, 0) is 37.2 Å². The molecule has 0 N–H and O–H groups in total. The van der Waals surface area contributed by atoms with Crippen molar-refractivity contribution in [1.29, 1.82) is 0 Å². The lowest BCUT2D eigenvalue weighted by molar-refractivity contribution is -0.404. The van der Waals surface area contributed by atoms with Gasteiger partial charge in [-0.3, -0.25) is 9.68 Å². The Morgan fingerprint density at radius 2 is 1.58 bits per heavy atom. The zero-order chi connectivity index (χ0) is 27.8. The Morgan fingerprint density at radius 1 is 0.895 bits per heavy atom. The molecule has 0 aliphatic heterocycles. The van der Waals surface area contributed by atoms with Gasteiger partial charge in [0.15, 0.2) is 0 Å². The first-order chi connectivity index (χ1) is 18.3. The van der Waals surface area contributed by atoms with E-state index in [2.05, 4.69) is 6.92 Å². The van der Waals surface area contributed by atoms with Gasteiger partial charge >= 0.3 is 11.9 Å². The number of unbranched alkanes of at least 4 members (excludes halogenated alkanes) is 5. The SMILES string of the molecule is CCCCCCCCOc1ccc(CN(CCc2ccc(Cl)c(Cl)c2)OOC(=O)C(CC)OC(C)=O)cc1. The highest BCUT2D eigenvalue weighted by atomic mass is 35.5. The predicted octanol–water partition coefficient (Wildman–Crippen LogP) is 7.51. The largest absolute Gasteiger partial charge is 0.494 e. The van der Waals surface area contributed by atoms with Gasteiger partial charge in [0.2, 0.25) is 6.10 Å². The summed E-state index contributed by atoms with van der Waals surface area (Å²) in [5.41, 5.74) is 1.89. The normalized spacial score (nSPS) is 11.8. The van der Waals surface area contributed by atoms with E-state index in [1.54, 1.807) is 19.1 Å². The van der Waals surface area contributed by atoms with E-state index in [0.29, 0.717) is 36.2 Å². The first-order valence-electron chi connectivity index (χ1n) is 13.3. The molecule has 0 aliphatic carbocycles. The third-order valence-corrected chi connectivity index (χ3v) is 6.59. The van der Waals surface area contributed by atoms with Crippen molar-refractivity contribution in [2.24, 2.45) is 0 Å². The van der Waals surface area contributed by atoms with Gasteiger partial charge in [-0.2, -0.15) is 0 Å². The second-order valence-corrected chi connectivity index (χ2v) is 9.92. The van der Waals surface area contributed by atoms with Crippen molar-refractivity contribution in [3.63, 3.8) is 0 Å². The van der Waals surface area contributed by atoms with Crippen molar-refractivity contribution in [3.05, 3.63) is 63.6 Å². The fourth-order valence-electron chi connectivity index (χ4n) is 3.70. The van der Waals surface area contributed by atoms with Crippen LogP contribution in [0.4, 0.5) is 0 Å². The number of ether oxygens (including phenoxy) is 2. The first-order valence-corrected chi connectivity index (χ1v) is 14.0. The second-order valence-electron chi connectivity index (χ2n) is 9.11. The number of rotatable bonds is 18. The standard InChI is InChI=1S/C29H39Cl2NO6/c1-4-6-7-8-9-10-19-35-25-14-11-24(12-15-25)21-32(18-17-23-13-16-26(30)27(31)20-23)38-37-29(34)28(5-2)36-22(3)33/h11-16,20,28H,4-10,17-19,21H2,1-3H3. The third-order valence-electron chi connectivity index (χ3n) is 5.85. The summed E-state index contributed by atoms with van der Waals surface area (Å²) >= 11 is 12.2. The summed E-state index contributed by atoms with van der Waals surface area (Å²) in [5.74, 6) is -0.533. The smallest absolute Gasteiger partial charge is 0.384 e. The van der Waals surface area contributed by atoms with E-state index < -0.39 is 18.0 Å². The fraction of sp³-hybridized carbons (Fsp3) is 0.517. The molecule has 0 aromatic heterocycles. The molecule has 0 spiro atoms. The van der Waals surface area contributed by atoms with E-state index in [9.17, 15) is 9.59 Å². The maximum atomic E-state index is 12.4. The maximum absolute atomic E-state index is 12.4. The predicted molar refractivity (Wildman–Crippen MR) is 149 cm³/mol. The highest BCUT2D eigenvalue weighted by Crippen LogP contribution is 2.23. The zero-order valence-corrected chi connectivity index (χ0v) is 24.1. The summed E-state index contributed by atoms with van der Waals surface area (Å²) in [6.45, 7) is 6.60.